The van der Waals surface area contributed by atoms with Crippen LogP contribution in [-0.2, 0) is 29.4 Å². The Morgan fingerprint density at radius 1 is 1.26 bits per heavy atom. The van der Waals surface area contributed by atoms with Gasteiger partial charge in [-0.1, -0.05) is 11.8 Å². The summed E-state index contributed by atoms with van der Waals surface area (Å²) >= 11 is 3.99. The fourth-order valence-electron chi connectivity index (χ4n) is 3.93. The number of aromatic nitrogens is 3. The Morgan fingerprint density at radius 2 is 2.03 bits per heavy atom. The van der Waals surface area contributed by atoms with Gasteiger partial charge in [0.1, 0.15) is 5.00 Å². The van der Waals surface area contributed by atoms with Crippen LogP contribution in [0.1, 0.15) is 55.8 Å². The molecule has 180 valence electrons. The quantitative estimate of drug-likeness (QED) is 0.342. The van der Waals surface area contributed by atoms with Crippen LogP contribution < -0.4 is 11.1 Å². The number of nitrogens with two attached hydrogens (primary N) is 1. The molecule has 3 N–H and O–H groups in total. The molecule has 3 aromatic heterocycles. The van der Waals surface area contributed by atoms with E-state index in [1.54, 1.807) is 25.2 Å². The van der Waals surface area contributed by atoms with Crippen molar-refractivity contribution in [1.29, 1.82) is 0 Å². The molecule has 9 nitrogen and oxygen atoms in total. The smallest absolute Gasteiger partial charge is 0.341 e. The molecule has 3 heterocycles. The molecule has 0 saturated carbocycles. The highest BCUT2D eigenvalue weighted by atomic mass is 32.2. The third-order valence-corrected chi connectivity index (χ3v) is 8.90. The van der Waals surface area contributed by atoms with Crippen molar-refractivity contribution in [3.63, 3.8) is 0 Å². The van der Waals surface area contributed by atoms with Crippen molar-refractivity contribution in [2.45, 2.75) is 44.7 Å². The molecule has 0 fully saturated rings. The number of esters is 1. The Hall–Kier alpha value is -2.70. The fourth-order valence-corrected chi connectivity index (χ4v) is 6.83. The van der Waals surface area contributed by atoms with Gasteiger partial charge in [-0.15, -0.1) is 32.9 Å². The first-order valence-corrected chi connectivity index (χ1v) is 13.5. The number of carbonyl (C=O) groups is 3. The van der Waals surface area contributed by atoms with Crippen molar-refractivity contribution < 1.29 is 19.1 Å². The first-order chi connectivity index (χ1) is 16.3. The van der Waals surface area contributed by atoms with Crippen molar-refractivity contribution in [3.8, 4) is 11.4 Å². The number of aryl methyl sites for hydroxylation is 1. The van der Waals surface area contributed by atoms with E-state index in [2.05, 4.69) is 20.9 Å². The molecule has 0 radical (unpaired) electrons. The summed E-state index contributed by atoms with van der Waals surface area (Å²) < 4.78 is 6.99. The van der Waals surface area contributed by atoms with Gasteiger partial charge in [-0.3, -0.25) is 9.59 Å². The van der Waals surface area contributed by atoms with Gasteiger partial charge in [-0.2, -0.15) is 0 Å². The molecule has 0 unspecified atom stereocenters. The van der Waals surface area contributed by atoms with Crippen LogP contribution in [-0.4, -0.2) is 44.9 Å². The molecule has 0 bridgehead atoms. The average molecular weight is 520 g/mol. The van der Waals surface area contributed by atoms with Crippen LogP contribution in [0, 0.1) is 6.92 Å². The molecule has 1 aliphatic carbocycles. The number of primary amides is 1. The summed E-state index contributed by atoms with van der Waals surface area (Å²) in [6.07, 6.45) is 4.59. The van der Waals surface area contributed by atoms with Crippen molar-refractivity contribution in [1.82, 2.24) is 14.8 Å². The highest BCUT2D eigenvalue weighted by molar-refractivity contribution is 7.99. The Balaban J connectivity index is 1.47. The molecule has 0 aliphatic heterocycles. The van der Waals surface area contributed by atoms with Crippen LogP contribution in [0.25, 0.3) is 11.4 Å². The van der Waals surface area contributed by atoms with Crippen LogP contribution in [0.5, 0.6) is 0 Å². The summed E-state index contributed by atoms with van der Waals surface area (Å²) in [5.74, 6) is -0.759. The Morgan fingerprint density at radius 3 is 2.76 bits per heavy atom. The van der Waals surface area contributed by atoms with Gasteiger partial charge in [0.2, 0.25) is 5.91 Å². The maximum atomic E-state index is 12.7. The largest absolute Gasteiger partial charge is 0.462 e. The van der Waals surface area contributed by atoms with Gasteiger partial charge >= 0.3 is 5.97 Å². The van der Waals surface area contributed by atoms with Gasteiger partial charge in [-0.25, -0.2) is 4.79 Å². The summed E-state index contributed by atoms with van der Waals surface area (Å²) in [6, 6.07) is 0. The van der Waals surface area contributed by atoms with Crippen molar-refractivity contribution in [2.24, 2.45) is 12.8 Å². The number of hydrogen-bond acceptors (Lipinski definition) is 9. The lowest BCUT2D eigenvalue weighted by Crippen LogP contribution is -2.17. The standard InChI is InChI=1S/C22H25N5O4S3/c1-4-31-21(30)16-11(2)17(18(23)29)34-20(16)24-15(28)10-33-22-26-25-19(27(22)3)13-9-32-14-8-6-5-7-12(13)14/h9H,4-8,10H2,1-3H3,(H2,23,29)(H,24,28). The number of hydrogen-bond donors (Lipinski definition) is 2. The minimum absolute atomic E-state index is 0.0544. The van der Waals surface area contributed by atoms with Crippen LogP contribution in [0.2, 0.25) is 0 Å². The SMILES string of the molecule is CCOC(=O)c1c(NC(=O)CSc2nnc(-c3csc4c3CCCC4)n2C)sc(C(N)=O)c1C. The second-order valence-corrected chi connectivity index (χ2v) is 10.7. The highest BCUT2D eigenvalue weighted by Gasteiger charge is 2.26. The average Bonchev–Trinajstić information content (AvgIpc) is 3.47. The minimum atomic E-state index is -0.662. The summed E-state index contributed by atoms with van der Waals surface area (Å²) in [5, 5.41) is 14.4. The van der Waals surface area contributed by atoms with Crippen LogP contribution >= 0.6 is 34.4 Å². The topological polar surface area (TPSA) is 129 Å². The van der Waals surface area contributed by atoms with Gasteiger partial charge in [0.15, 0.2) is 11.0 Å². The maximum absolute atomic E-state index is 12.7. The number of nitrogens with zero attached hydrogens (tertiary/aromatic N) is 3. The summed E-state index contributed by atoms with van der Waals surface area (Å²) in [4.78, 5) is 38.5. The Kier molecular flexibility index (Phi) is 7.39. The molecule has 0 spiro atoms. The summed E-state index contributed by atoms with van der Waals surface area (Å²) in [5.41, 5.74) is 8.47. The second-order valence-electron chi connectivity index (χ2n) is 7.81. The van der Waals surface area contributed by atoms with Gasteiger partial charge < -0.3 is 20.4 Å². The summed E-state index contributed by atoms with van der Waals surface area (Å²) in [6.45, 7) is 3.47. The number of anilines is 1. The van der Waals surface area contributed by atoms with Gasteiger partial charge in [-0.05, 0) is 50.7 Å². The predicted octanol–water partition coefficient (Wildman–Crippen LogP) is 3.80. The van der Waals surface area contributed by atoms with Crippen molar-refractivity contribution >= 4 is 57.2 Å². The zero-order valence-electron chi connectivity index (χ0n) is 19.1. The van der Waals surface area contributed by atoms with E-state index < -0.39 is 11.9 Å². The lowest BCUT2D eigenvalue weighted by Gasteiger charge is -2.12. The summed E-state index contributed by atoms with van der Waals surface area (Å²) in [7, 11) is 1.89. The Bertz CT molecular complexity index is 1260. The second kappa shape index (κ2) is 10.3. The van der Waals surface area contributed by atoms with Crippen LogP contribution in [0.4, 0.5) is 5.00 Å². The van der Waals surface area contributed by atoms with Crippen LogP contribution in [0.3, 0.4) is 0 Å². The lowest BCUT2D eigenvalue weighted by molar-refractivity contribution is -0.113. The first kappa shape index (κ1) is 24.4. The molecule has 0 atom stereocenters. The number of thiophene rings is 2. The van der Waals surface area contributed by atoms with E-state index in [1.807, 2.05) is 11.6 Å². The number of carbonyl (C=O) groups excluding carboxylic acids is 3. The molecular formula is C22H25N5O4S3. The monoisotopic (exact) mass is 519 g/mol. The number of amides is 2. The predicted molar refractivity (Wildman–Crippen MR) is 134 cm³/mol. The van der Waals surface area contributed by atoms with Gasteiger partial charge in [0.05, 0.1) is 22.8 Å². The van der Waals surface area contributed by atoms with E-state index in [-0.39, 0.29) is 33.7 Å². The number of thioether (sulfide) groups is 1. The molecule has 0 saturated heterocycles. The van der Waals surface area contributed by atoms with E-state index in [0.29, 0.717) is 10.7 Å². The zero-order chi connectivity index (χ0) is 24.4. The Labute approximate surface area is 209 Å². The van der Waals surface area contributed by atoms with Crippen molar-refractivity contribution in [3.05, 3.63) is 31.8 Å². The highest BCUT2D eigenvalue weighted by Crippen LogP contribution is 2.37. The van der Waals surface area contributed by atoms with Gasteiger partial charge in [0.25, 0.3) is 5.91 Å². The fraction of sp³-hybridized carbons (Fsp3) is 0.409. The molecule has 12 heteroatoms. The maximum Gasteiger partial charge on any atom is 0.341 e. The zero-order valence-corrected chi connectivity index (χ0v) is 21.5. The van der Waals surface area contributed by atoms with E-state index in [9.17, 15) is 14.4 Å². The van der Waals surface area contributed by atoms with E-state index in [4.69, 9.17) is 10.5 Å². The molecule has 2 amide bonds. The van der Waals surface area contributed by atoms with E-state index >= 15 is 0 Å². The number of fused-ring (bicyclic) bond motifs is 1. The molecule has 1 aliphatic rings. The van der Waals surface area contributed by atoms with Gasteiger partial charge in [0, 0.05) is 22.9 Å². The van der Waals surface area contributed by atoms with Crippen LogP contribution in [0.15, 0.2) is 10.5 Å². The number of ether oxygens (including phenoxy) is 1. The normalized spacial score (nSPS) is 12.9. The minimum Gasteiger partial charge on any atom is -0.462 e. The molecule has 0 aromatic carbocycles. The number of rotatable bonds is 8. The molecule has 3 aromatic rings. The molecule has 34 heavy (non-hydrogen) atoms. The molecule has 4 rings (SSSR count). The third kappa shape index (κ3) is 4.75. The molecular weight excluding hydrogens is 494 g/mol. The first-order valence-electron chi connectivity index (χ1n) is 10.8. The number of nitrogens with one attached hydrogen (secondary N) is 1. The van der Waals surface area contributed by atoms with Crippen molar-refractivity contribution in [2.75, 3.05) is 17.7 Å². The lowest BCUT2D eigenvalue weighted by atomic mass is 9.96. The van der Waals surface area contributed by atoms with E-state index in [1.165, 1.54) is 35.0 Å². The third-order valence-electron chi connectivity index (χ3n) is 5.57. The van der Waals surface area contributed by atoms with E-state index in [0.717, 1.165) is 35.6 Å².